The summed E-state index contributed by atoms with van der Waals surface area (Å²) >= 11 is 5.80. The molecule has 0 spiro atoms. The van der Waals surface area contributed by atoms with Crippen molar-refractivity contribution >= 4 is 23.5 Å². The monoisotopic (exact) mass is 298 g/mol. The van der Waals surface area contributed by atoms with Gasteiger partial charge in [-0.1, -0.05) is 29.8 Å². The molecule has 0 bridgehead atoms. The van der Waals surface area contributed by atoms with Gasteiger partial charge in [-0.3, -0.25) is 5.43 Å². The molecule has 2 rings (SSSR count). The van der Waals surface area contributed by atoms with Gasteiger partial charge in [-0.15, -0.1) is 0 Å². The minimum absolute atomic E-state index is 0.563. The Morgan fingerprint density at radius 2 is 1.75 bits per heavy atom. The number of anilines is 1. The lowest BCUT2D eigenvalue weighted by Gasteiger charge is -2.05. The second-order valence-electron chi connectivity index (χ2n) is 4.00. The Hall–Kier alpha value is -2.01. The molecule has 0 unspecified atom stereocenters. The topological polar surface area (TPSA) is 24.4 Å². The molecule has 0 saturated heterocycles. The van der Waals surface area contributed by atoms with Crippen molar-refractivity contribution in [2.24, 2.45) is 5.10 Å². The van der Waals surface area contributed by atoms with E-state index >= 15 is 0 Å². The number of hydrogen-bond donors (Lipinski definition) is 1. The number of hydrazone groups is 1. The summed E-state index contributed by atoms with van der Waals surface area (Å²) in [5, 5.41) is 4.50. The second kappa shape index (κ2) is 5.96. The normalized spacial score (nSPS) is 11.8. The molecule has 0 atom stereocenters. The highest BCUT2D eigenvalue weighted by molar-refractivity contribution is 6.30. The largest absolute Gasteiger partial charge is 0.416 e. The molecule has 0 fully saturated rings. The van der Waals surface area contributed by atoms with Gasteiger partial charge in [0.25, 0.3) is 0 Å². The Balaban J connectivity index is 2.01. The molecule has 0 saturated carbocycles. The highest BCUT2D eigenvalue weighted by Gasteiger charge is 2.29. The fraction of sp³-hybridized carbons (Fsp3) is 0.0714. The van der Waals surface area contributed by atoms with Crippen LogP contribution < -0.4 is 5.43 Å². The van der Waals surface area contributed by atoms with Gasteiger partial charge in [0.05, 0.1) is 17.5 Å². The van der Waals surface area contributed by atoms with Gasteiger partial charge in [-0.05, 0) is 35.9 Å². The summed E-state index contributed by atoms with van der Waals surface area (Å²) in [6.45, 7) is 0. The third-order valence-corrected chi connectivity index (χ3v) is 2.70. The number of nitrogens with zero attached hydrogens (tertiary/aromatic N) is 1. The molecule has 2 aromatic carbocycles. The molecule has 0 heterocycles. The lowest BCUT2D eigenvalue weighted by Crippen LogP contribution is -2.04. The molecule has 1 N–H and O–H groups in total. The van der Waals surface area contributed by atoms with E-state index in [-0.39, 0.29) is 0 Å². The number of hydrogen-bond acceptors (Lipinski definition) is 2. The predicted molar refractivity (Wildman–Crippen MR) is 74.1 cm³/mol. The molecule has 0 amide bonds. The van der Waals surface area contributed by atoms with E-state index in [1.807, 2.05) is 0 Å². The SMILES string of the molecule is FC(F)(F)c1ccc(/C=N/Nc2cccc(Cl)c2)cc1. The van der Waals surface area contributed by atoms with Crippen molar-refractivity contribution in [1.82, 2.24) is 0 Å². The van der Waals surface area contributed by atoms with Crippen LogP contribution >= 0.6 is 11.6 Å². The van der Waals surface area contributed by atoms with Crippen LogP contribution in [0.25, 0.3) is 0 Å². The lowest BCUT2D eigenvalue weighted by molar-refractivity contribution is -0.137. The average molecular weight is 299 g/mol. The molecule has 2 aromatic rings. The number of nitrogens with one attached hydrogen (secondary N) is 1. The zero-order valence-electron chi connectivity index (χ0n) is 10.2. The zero-order chi connectivity index (χ0) is 14.6. The van der Waals surface area contributed by atoms with E-state index < -0.39 is 11.7 Å². The van der Waals surface area contributed by atoms with Gasteiger partial charge in [-0.2, -0.15) is 18.3 Å². The summed E-state index contributed by atoms with van der Waals surface area (Å²) in [5.41, 5.74) is 3.32. The summed E-state index contributed by atoms with van der Waals surface area (Å²) in [4.78, 5) is 0. The van der Waals surface area contributed by atoms with Gasteiger partial charge in [0.15, 0.2) is 0 Å². The first-order chi connectivity index (χ1) is 9.45. The minimum Gasteiger partial charge on any atom is -0.278 e. The number of halogens is 4. The van der Waals surface area contributed by atoms with Crippen LogP contribution in [-0.2, 0) is 6.18 Å². The van der Waals surface area contributed by atoms with Gasteiger partial charge in [0.2, 0.25) is 0 Å². The fourth-order valence-corrected chi connectivity index (χ4v) is 1.69. The van der Waals surface area contributed by atoms with Gasteiger partial charge >= 0.3 is 6.18 Å². The van der Waals surface area contributed by atoms with Crippen molar-refractivity contribution in [1.29, 1.82) is 0 Å². The number of alkyl halides is 3. The van der Waals surface area contributed by atoms with E-state index in [9.17, 15) is 13.2 Å². The molecule has 20 heavy (non-hydrogen) atoms. The van der Waals surface area contributed by atoms with Crippen LogP contribution in [0.4, 0.5) is 18.9 Å². The van der Waals surface area contributed by atoms with Crippen LogP contribution in [0.2, 0.25) is 5.02 Å². The highest BCUT2D eigenvalue weighted by Crippen LogP contribution is 2.28. The molecular formula is C14H10ClF3N2. The Kier molecular flexibility index (Phi) is 4.29. The molecule has 0 aliphatic heterocycles. The Morgan fingerprint density at radius 1 is 1.05 bits per heavy atom. The van der Waals surface area contributed by atoms with Crippen LogP contribution in [-0.4, -0.2) is 6.21 Å². The third-order valence-electron chi connectivity index (χ3n) is 2.47. The van der Waals surface area contributed by atoms with E-state index in [0.717, 1.165) is 12.1 Å². The quantitative estimate of drug-likeness (QED) is 0.638. The molecule has 6 heteroatoms. The lowest BCUT2D eigenvalue weighted by atomic mass is 10.1. The van der Waals surface area contributed by atoms with Crippen LogP contribution in [0.1, 0.15) is 11.1 Å². The van der Waals surface area contributed by atoms with E-state index in [0.29, 0.717) is 16.3 Å². The van der Waals surface area contributed by atoms with Gasteiger partial charge < -0.3 is 0 Å². The van der Waals surface area contributed by atoms with Crippen molar-refractivity contribution in [3.63, 3.8) is 0 Å². The van der Waals surface area contributed by atoms with Crippen LogP contribution in [0.5, 0.6) is 0 Å². The molecule has 2 nitrogen and oxygen atoms in total. The first-order valence-corrected chi connectivity index (χ1v) is 6.05. The Labute approximate surface area is 118 Å². The summed E-state index contributed by atoms with van der Waals surface area (Å²) in [6, 6.07) is 11.7. The second-order valence-corrected chi connectivity index (χ2v) is 4.44. The molecule has 104 valence electrons. The van der Waals surface area contributed by atoms with Crippen molar-refractivity contribution < 1.29 is 13.2 Å². The van der Waals surface area contributed by atoms with Gasteiger partial charge in [0.1, 0.15) is 0 Å². The van der Waals surface area contributed by atoms with Gasteiger partial charge in [0, 0.05) is 5.02 Å². The molecule has 0 radical (unpaired) electrons. The summed E-state index contributed by atoms with van der Waals surface area (Å²) in [6.07, 6.45) is -2.89. The predicted octanol–water partition coefficient (Wildman–Crippen LogP) is 4.80. The summed E-state index contributed by atoms with van der Waals surface area (Å²) < 4.78 is 37.1. The van der Waals surface area contributed by atoms with Gasteiger partial charge in [-0.25, -0.2) is 0 Å². The smallest absolute Gasteiger partial charge is 0.278 e. The molecule has 0 aliphatic rings. The van der Waals surface area contributed by atoms with E-state index in [4.69, 9.17) is 11.6 Å². The molecular weight excluding hydrogens is 289 g/mol. The average Bonchev–Trinajstić information content (AvgIpc) is 2.38. The maximum Gasteiger partial charge on any atom is 0.416 e. The van der Waals surface area contributed by atoms with E-state index in [1.54, 1.807) is 24.3 Å². The molecule has 0 aliphatic carbocycles. The van der Waals surface area contributed by atoms with Crippen molar-refractivity contribution in [3.05, 3.63) is 64.7 Å². The van der Waals surface area contributed by atoms with E-state index in [1.165, 1.54) is 18.3 Å². The Morgan fingerprint density at radius 3 is 2.35 bits per heavy atom. The summed E-state index contributed by atoms with van der Waals surface area (Å²) in [5.74, 6) is 0. The zero-order valence-corrected chi connectivity index (χ0v) is 10.9. The standard InChI is InChI=1S/C14H10ClF3N2/c15-12-2-1-3-13(8-12)20-19-9-10-4-6-11(7-5-10)14(16,17)18/h1-9,20H/b19-9+. The first kappa shape index (κ1) is 14.4. The van der Waals surface area contributed by atoms with Crippen LogP contribution in [0.3, 0.4) is 0 Å². The molecule has 0 aromatic heterocycles. The van der Waals surface area contributed by atoms with Crippen molar-refractivity contribution in [2.75, 3.05) is 5.43 Å². The fourth-order valence-electron chi connectivity index (χ4n) is 1.50. The van der Waals surface area contributed by atoms with E-state index in [2.05, 4.69) is 10.5 Å². The maximum atomic E-state index is 12.4. The third kappa shape index (κ3) is 3.99. The minimum atomic E-state index is -4.32. The Bertz CT molecular complexity index is 607. The van der Waals surface area contributed by atoms with Crippen LogP contribution in [0, 0.1) is 0 Å². The van der Waals surface area contributed by atoms with Crippen LogP contribution in [0.15, 0.2) is 53.6 Å². The number of benzene rings is 2. The summed E-state index contributed by atoms with van der Waals surface area (Å²) in [7, 11) is 0. The first-order valence-electron chi connectivity index (χ1n) is 5.67. The number of rotatable bonds is 3. The highest BCUT2D eigenvalue weighted by atomic mass is 35.5. The van der Waals surface area contributed by atoms with Crippen molar-refractivity contribution in [2.45, 2.75) is 6.18 Å². The maximum absolute atomic E-state index is 12.4. The van der Waals surface area contributed by atoms with Crippen molar-refractivity contribution in [3.8, 4) is 0 Å².